The number of nitrogens with zero attached hydrogens (tertiary/aromatic N) is 3. The Morgan fingerprint density at radius 2 is 1.85 bits per heavy atom. The Kier molecular flexibility index (Phi) is 6.40. The highest BCUT2D eigenvalue weighted by molar-refractivity contribution is 5.96. The van der Waals surface area contributed by atoms with Crippen molar-refractivity contribution in [3.05, 3.63) is 41.6 Å². The van der Waals surface area contributed by atoms with Crippen LogP contribution in [0, 0.1) is 0 Å². The van der Waals surface area contributed by atoms with Crippen molar-refractivity contribution in [1.82, 2.24) is 20.4 Å². The molecule has 3 rings (SSSR count). The molecule has 3 amide bonds. The van der Waals surface area contributed by atoms with Gasteiger partial charge in [-0.1, -0.05) is 25.8 Å². The van der Waals surface area contributed by atoms with Crippen molar-refractivity contribution in [2.75, 3.05) is 18.4 Å². The fourth-order valence-corrected chi connectivity index (χ4v) is 3.02. The molecule has 2 aromatic rings. The van der Waals surface area contributed by atoms with E-state index < -0.39 is 6.03 Å². The van der Waals surface area contributed by atoms with Crippen molar-refractivity contribution in [3.8, 4) is 0 Å². The largest absolute Gasteiger partial charge is 0.423 e. The highest BCUT2D eigenvalue weighted by Crippen LogP contribution is 2.16. The number of hydrogen-bond donors (Lipinski definition) is 2. The number of rotatable bonds is 5. The van der Waals surface area contributed by atoms with Crippen LogP contribution in [0.3, 0.4) is 0 Å². The van der Waals surface area contributed by atoms with Crippen LogP contribution in [0.5, 0.6) is 0 Å². The molecule has 0 atom stereocenters. The molecule has 1 fully saturated rings. The lowest BCUT2D eigenvalue weighted by Gasteiger charge is -2.20. The van der Waals surface area contributed by atoms with Gasteiger partial charge in [-0.15, -0.1) is 10.2 Å². The third kappa shape index (κ3) is 5.29. The summed E-state index contributed by atoms with van der Waals surface area (Å²) < 4.78 is 5.35. The SMILES string of the molecule is CCc1nnc(CNC(=O)Nc2cccc(C(=O)N3CCCCCC3)c2)o1. The minimum Gasteiger partial charge on any atom is -0.423 e. The standard InChI is InChI=1S/C19H25N5O3/c1-2-16-22-23-17(27-16)13-20-19(26)21-15-9-7-8-14(12-15)18(25)24-10-5-3-4-6-11-24/h7-9,12H,2-6,10-11,13H2,1H3,(H2,20,21,26). The second-order valence-corrected chi connectivity index (χ2v) is 6.54. The average Bonchev–Trinajstić information content (AvgIpc) is 2.98. The summed E-state index contributed by atoms with van der Waals surface area (Å²) in [6.07, 6.45) is 5.08. The molecule has 1 aromatic heterocycles. The molecule has 2 N–H and O–H groups in total. The minimum atomic E-state index is -0.398. The van der Waals surface area contributed by atoms with Crippen molar-refractivity contribution >= 4 is 17.6 Å². The van der Waals surface area contributed by atoms with Gasteiger partial charge in [-0.05, 0) is 31.0 Å². The summed E-state index contributed by atoms with van der Waals surface area (Å²) in [5, 5.41) is 13.1. The summed E-state index contributed by atoms with van der Waals surface area (Å²) in [6.45, 7) is 3.64. The van der Waals surface area contributed by atoms with E-state index >= 15 is 0 Å². The Hall–Kier alpha value is -2.90. The number of carbonyl (C=O) groups is 2. The maximum atomic E-state index is 12.7. The van der Waals surface area contributed by atoms with Crippen LogP contribution in [-0.4, -0.2) is 40.1 Å². The molecule has 1 saturated heterocycles. The Morgan fingerprint density at radius 1 is 1.11 bits per heavy atom. The summed E-state index contributed by atoms with van der Waals surface area (Å²) in [4.78, 5) is 26.7. The van der Waals surface area contributed by atoms with Crippen molar-refractivity contribution in [2.45, 2.75) is 45.6 Å². The number of nitrogens with one attached hydrogen (secondary N) is 2. The lowest BCUT2D eigenvalue weighted by Crippen LogP contribution is -2.32. The molecule has 0 aliphatic carbocycles. The Balaban J connectivity index is 1.56. The highest BCUT2D eigenvalue weighted by atomic mass is 16.4. The van der Waals surface area contributed by atoms with Crippen LogP contribution in [0.2, 0.25) is 0 Å². The van der Waals surface area contributed by atoms with Crippen molar-refractivity contribution in [1.29, 1.82) is 0 Å². The van der Waals surface area contributed by atoms with Gasteiger partial charge in [0, 0.05) is 30.8 Å². The predicted molar refractivity (Wildman–Crippen MR) is 100 cm³/mol. The maximum Gasteiger partial charge on any atom is 0.319 e. The van der Waals surface area contributed by atoms with Gasteiger partial charge < -0.3 is 20.0 Å². The molecule has 0 unspecified atom stereocenters. The number of benzene rings is 1. The Labute approximate surface area is 158 Å². The summed E-state index contributed by atoms with van der Waals surface area (Å²) >= 11 is 0. The summed E-state index contributed by atoms with van der Waals surface area (Å²) in [7, 11) is 0. The first-order chi connectivity index (χ1) is 13.2. The van der Waals surface area contributed by atoms with Crippen LogP contribution in [0.1, 0.15) is 54.7 Å². The van der Waals surface area contributed by atoms with Crippen LogP contribution in [-0.2, 0) is 13.0 Å². The molecule has 8 heteroatoms. The smallest absolute Gasteiger partial charge is 0.319 e. The Bertz CT molecular complexity index is 781. The number of hydrogen-bond acceptors (Lipinski definition) is 5. The lowest BCUT2D eigenvalue weighted by atomic mass is 10.1. The first-order valence-corrected chi connectivity index (χ1v) is 9.41. The third-order valence-corrected chi connectivity index (χ3v) is 4.47. The van der Waals surface area contributed by atoms with Crippen LogP contribution < -0.4 is 10.6 Å². The van der Waals surface area contributed by atoms with Gasteiger partial charge in [-0.25, -0.2) is 4.79 Å². The fraction of sp³-hybridized carbons (Fsp3) is 0.474. The van der Waals surface area contributed by atoms with Crippen LogP contribution in [0.4, 0.5) is 10.5 Å². The van der Waals surface area contributed by atoms with Crippen molar-refractivity contribution in [3.63, 3.8) is 0 Å². The van der Waals surface area contributed by atoms with E-state index in [-0.39, 0.29) is 12.5 Å². The average molecular weight is 371 g/mol. The molecule has 1 aliphatic rings. The number of urea groups is 1. The molecule has 0 radical (unpaired) electrons. The quantitative estimate of drug-likeness (QED) is 0.841. The topological polar surface area (TPSA) is 100 Å². The van der Waals surface area contributed by atoms with E-state index in [0.29, 0.717) is 29.5 Å². The zero-order valence-corrected chi connectivity index (χ0v) is 15.5. The molecule has 2 heterocycles. The second-order valence-electron chi connectivity index (χ2n) is 6.54. The third-order valence-electron chi connectivity index (χ3n) is 4.47. The van der Waals surface area contributed by atoms with Gasteiger partial charge >= 0.3 is 6.03 Å². The second kappa shape index (κ2) is 9.16. The van der Waals surface area contributed by atoms with Gasteiger partial charge in [-0.3, -0.25) is 4.79 Å². The van der Waals surface area contributed by atoms with Gasteiger partial charge in [0.15, 0.2) is 0 Å². The van der Waals surface area contributed by atoms with E-state index in [2.05, 4.69) is 20.8 Å². The van der Waals surface area contributed by atoms with Gasteiger partial charge in [0.1, 0.15) is 0 Å². The number of carbonyl (C=O) groups excluding carboxylic acids is 2. The number of anilines is 1. The first kappa shape index (κ1) is 18.9. The molecule has 0 spiro atoms. The molecule has 27 heavy (non-hydrogen) atoms. The van der Waals surface area contributed by atoms with Crippen molar-refractivity contribution < 1.29 is 14.0 Å². The minimum absolute atomic E-state index is 0.0129. The molecule has 1 aliphatic heterocycles. The summed E-state index contributed by atoms with van der Waals surface area (Å²) in [6, 6.07) is 6.60. The molecule has 0 saturated carbocycles. The monoisotopic (exact) mass is 371 g/mol. The van der Waals surface area contributed by atoms with E-state index in [4.69, 9.17) is 4.42 Å². The van der Waals surface area contributed by atoms with Gasteiger partial charge in [0.2, 0.25) is 11.8 Å². The van der Waals surface area contributed by atoms with Crippen molar-refractivity contribution in [2.24, 2.45) is 0 Å². The van der Waals surface area contributed by atoms with E-state index in [0.717, 1.165) is 25.9 Å². The molecule has 8 nitrogen and oxygen atoms in total. The molecular formula is C19H25N5O3. The van der Waals surface area contributed by atoms with Gasteiger partial charge in [0.25, 0.3) is 5.91 Å². The first-order valence-electron chi connectivity index (χ1n) is 9.41. The van der Waals surface area contributed by atoms with E-state index in [9.17, 15) is 9.59 Å². The molecular weight excluding hydrogens is 346 g/mol. The zero-order chi connectivity index (χ0) is 19.1. The lowest BCUT2D eigenvalue weighted by molar-refractivity contribution is 0.0761. The fourth-order valence-electron chi connectivity index (χ4n) is 3.02. The van der Waals surface area contributed by atoms with Crippen LogP contribution >= 0.6 is 0 Å². The summed E-state index contributed by atoms with van der Waals surface area (Å²) in [5.41, 5.74) is 1.15. The molecule has 144 valence electrons. The summed E-state index contributed by atoms with van der Waals surface area (Å²) in [5.74, 6) is 0.901. The molecule has 0 bridgehead atoms. The van der Waals surface area contributed by atoms with E-state index in [1.807, 2.05) is 11.8 Å². The van der Waals surface area contributed by atoms with Crippen LogP contribution in [0.15, 0.2) is 28.7 Å². The predicted octanol–water partition coefficient (Wildman–Crippen LogP) is 2.97. The molecule has 1 aromatic carbocycles. The number of likely N-dealkylation sites (tertiary alicyclic amines) is 1. The van der Waals surface area contributed by atoms with Gasteiger partial charge in [0.05, 0.1) is 6.54 Å². The number of aromatic nitrogens is 2. The van der Waals surface area contributed by atoms with Crippen LogP contribution in [0.25, 0.3) is 0 Å². The zero-order valence-electron chi connectivity index (χ0n) is 15.5. The maximum absolute atomic E-state index is 12.7. The Morgan fingerprint density at radius 3 is 2.56 bits per heavy atom. The normalized spacial score (nSPS) is 14.5. The van der Waals surface area contributed by atoms with E-state index in [1.165, 1.54) is 12.8 Å². The highest BCUT2D eigenvalue weighted by Gasteiger charge is 2.17. The van der Waals surface area contributed by atoms with Gasteiger partial charge in [-0.2, -0.15) is 0 Å². The van der Waals surface area contributed by atoms with E-state index in [1.54, 1.807) is 24.3 Å². The number of aryl methyl sites for hydroxylation is 1. The number of amides is 3.